The molecule has 0 radical (unpaired) electrons. The van der Waals surface area contributed by atoms with Crippen LogP contribution in [-0.4, -0.2) is 9.30 Å². The van der Waals surface area contributed by atoms with Gasteiger partial charge >= 0.3 is 0 Å². The highest BCUT2D eigenvalue weighted by Gasteiger charge is 2.29. The third-order valence-electron chi connectivity index (χ3n) is 2.26. The molecule has 0 aliphatic heterocycles. The van der Waals surface area contributed by atoms with Crippen LogP contribution in [0.2, 0.25) is 0 Å². The molecule has 0 aliphatic rings. The molecule has 96 valence electrons. The molecular formula is C12H17F2NOS. The van der Waals surface area contributed by atoms with Gasteiger partial charge in [-0.1, -0.05) is 0 Å². The Balaban J connectivity index is 2.83. The predicted molar refractivity (Wildman–Crippen MR) is 65.8 cm³/mol. The van der Waals surface area contributed by atoms with Gasteiger partial charge in [-0.3, -0.25) is 0 Å². The third kappa shape index (κ3) is 3.94. The van der Waals surface area contributed by atoms with E-state index >= 15 is 0 Å². The van der Waals surface area contributed by atoms with E-state index in [1.165, 1.54) is 0 Å². The van der Waals surface area contributed by atoms with Crippen molar-refractivity contribution in [3.8, 4) is 0 Å². The summed E-state index contributed by atoms with van der Waals surface area (Å²) in [6, 6.07) is 2.74. The first-order valence-corrected chi connectivity index (χ1v) is 6.50. The van der Waals surface area contributed by atoms with Crippen LogP contribution < -0.4 is 4.72 Å². The van der Waals surface area contributed by atoms with Crippen LogP contribution in [-0.2, 0) is 11.4 Å². The van der Waals surface area contributed by atoms with Gasteiger partial charge in [0.15, 0.2) is 0 Å². The molecular weight excluding hydrogens is 244 g/mol. The van der Waals surface area contributed by atoms with Gasteiger partial charge in [-0.2, -0.15) is 0 Å². The highest BCUT2D eigenvalue weighted by atomic mass is 32.2. The molecule has 0 amide bonds. The second-order valence-corrected chi connectivity index (χ2v) is 6.88. The summed E-state index contributed by atoms with van der Waals surface area (Å²) in [6.07, 6.45) is 0. The Bertz CT molecular complexity index is 393. The Hall–Kier alpha value is -0.650. The SMILES string of the molecule is CC(N[S@+]([O-])C(C)(C)C)c1cc(F)ccc1F. The fourth-order valence-electron chi connectivity index (χ4n) is 1.25. The van der Waals surface area contributed by atoms with Crippen molar-refractivity contribution in [1.82, 2.24) is 4.72 Å². The first kappa shape index (κ1) is 14.4. The molecule has 1 aromatic rings. The molecule has 0 fully saturated rings. The summed E-state index contributed by atoms with van der Waals surface area (Å²) in [7, 11) is 0. The van der Waals surface area contributed by atoms with E-state index < -0.39 is 33.8 Å². The van der Waals surface area contributed by atoms with Crippen LogP contribution in [0.15, 0.2) is 18.2 Å². The van der Waals surface area contributed by atoms with E-state index in [4.69, 9.17) is 0 Å². The van der Waals surface area contributed by atoms with E-state index in [1.54, 1.807) is 6.92 Å². The maximum atomic E-state index is 13.5. The minimum Gasteiger partial charge on any atom is -0.598 e. The van der Waals surface area contributed by atoms with E-state index in [0.29, 0.717) is 0 Å². The third-order valence-corrected chi connectivity index (χ3v) is 3.94. The van der Waals surface area contributed by atoms with Gasteiger partial charge in [-0.15, -0.1) is 4.72 Å². The van der Waals surface area contributed by atoms with Crippen molar-refractivity contribution in [2.45, 2.75) is 38.5 Å². The molecule has 1 N–H and O–H groups in total. The van der Waals surface area contributed by atoms with Crippen LogP contribution in [0, 0.1) is 11.6 Å². The normalized spacial score (nSPS) is 15.7. The number of benzene rings is 1. The Morgan fingerprint density at radius 3 is 2.41 bits per heavy atom. The zero-order valence-electron chi connectivity index (χ0n) is 10.4. The molecule has 0 saturated carbocycles. The van der Waals surface area contributed by atoms with Gasteiger partial charge in [-0.05, 0) is 45.9 Å². The molecule has 1 unspecified atom stereocenters. The van der Waals surface area contributed by atoms with Crippen LogP contribution in [0.5, 0.6) is 0 Å². The monoisotopic (exact) mass is 261 g/mol. The predicted octanol–water partition coefficient (Wildman–Crippen LogP) is 3.08. The lowest BCUT2D eigenvalue weighted by atomic mass is 10.1. The average Bonchev–Trinajstić information content (AvgIpc) is 2.20. The van der Waals surface area contributed by atoms with Crippen LogP contribution >= 0.6 is 0 Å². The molecule has 0 aliphatic carbocycles. The fourth-order valence-corrected chi connectivity index (χ4v) is 2.05. The lowest BCUT2D eigenvalue weighted by Crippen LogP contribution is -2.40. The van der Waals surface area contributed by atoms with E-state index in [1.807, 2.05) is 20.8 Å². The smallest absolute Gasteiger partial charge is 0.136 e. The van der Waals surface area contributed by atoms with Crippen molar-refractivity contribution >= 4 is 11.4 Å². The quantitative estimate of drug-likeness (QED) is 0.849. The Morgan fingerprint density at radius 2 is 1.88 bits per heavy atom. The zero-order valence-corrected chi connectivity index (χ0v) is 11.2. The summed E-state index contributed by atoms with van der Waals surface area (Å²) in [5.74, 6) is -1.01. The number of nitrogens with one attached hydrogen (secondary N) is 1. The topological polar surface area (TPSA) is 35.1 Å². The van der Waals surface area contributed by atoms with E-state index in [2.05, 4.69) is 4.72 Å². The zero-order chi connectivity index (χ0) is 13.2. The molecule has 5 heteroatoms. The maximum absolute atomic E-state index is 13.5. The number of hydrogen-bond acceptors (Lipinski definition) is 2. The van der Waals surface area contributed by atoms with Gasteiger partial charge in [0.1, 0.15) is 16.4 Å². The van der Waals surface area contributed by atoms with Crippen LogP contribution in [0.4, 0.5) is 8.78 Å². The van der Waals surface area contributed by atoms with Crippen LogP contribution in [0.25, 0.3) is 0 Å². The maximum Gasteiger partial charge on any atom is 0.136 e. The Morgan fingerprint density at radius 1 is 1.29 bits per heavy atom. The summed E-state index contributed by atoms with van der Waals surface area (Å²) in [4.78, 5) is 0. The summed E-state index contributed by atoms with van der Waals surface area (Å²) < 4.78 is 40.6. The minimum atomic E-state index is -1.32. The van der Waals surface area contributed by atoms with Gasteiger partial charge in [0.2, 0.25) is 0 Å². The number of hydrogen-bond donors (Lipinski definition) is 1. The summed E-state index contributed by atoms with van der Waals surface area (Å²) in [5.41, 5.74) is 0.183. The highest BCUT2D eigenvalue weighted by molar-refractivity contribution is 7.90. The van der Waals surface area contributed by atoms with E-state index in [0.717, 1.165) is 18.2 Å². The van der Waals surface area contributed by atoms with Gasteiger partial charge < -0.3 is 4.55 Å². The second kappa shape index (κ2) is 5.33. The first-order chi connectivity index (χ1) is 7.71. The van der Waals surface area contributed by atoms with Crippen molar-refractivity contribution in [2.24, 2.45) is 0 Å². The lowest BCUT2D eigenvalue weighted by Gasteiger charge is -2.26. The average molecular weight is 261 g/mol. The molecule has 17 heavy (non-hydrogen) atoms. The largest absolute Gasteiger partial charge is 0.598 e. The molecule has 1 rings (SSSR count). The van der Waals surface area contributed by atoms with Crippen molar-refractivity contribution in [1.29, 1.82) is 0 Å². The summed E-state index contributed by atoms with van der Waals surface area (Å²) in [6.45, 7) is 7.09. The van der Waals surface area contributed by atoms with Crippen molar-refractivity contribution in [2.75, 3.05) is 0 Å². The molecule has 2 atom stereocenters. The van der Waals surface area contributed by atoms with Gasteiger partial charge in [0, 0.05) is 16.9 Å². The second-order valence-electron chi connectivity index (χ2n) is 4.89. The molecule has 0 aromatic heterocycles. The first-order valence-electron chi connectivity index (χ1n) is 5.35. The van der Waals surface area contributed by atoms with Gasteiger partial charge in [0.25, 0.3) is 0 Å². The van der Waals surface area contributed by atoms with Crippen LogP contribution in [0.3, 0.4) is 0 Å². The molecule has 0 bridgehead atoms. The van der Waals surface area contributed by atoms with E-state index in [9.17, 15) is 13.3 Å². The fraction of sp³-hybridized carbons (Fsp3) is 0.500. The molecule has 0 saturated heterocycles. The number of rotatable bonds is 3. The Labute approximate surface area is 104 Å². The summed E-state index contributed by atoms with van der Waals surface area (Å²) in [5, 5.41) is 0. The molecule has 0 heterocycles. The van der Waals surface area contributed by atoms with Crippen molar-refractivity contribution < 1.29 is 13.3 Å². The molecule has 2 nitrogen and oxygen atoms in total. The highest BCUT2D eigenvalue weighted by Crippen LogP contribution is 2.22. The van der Waals surface area contributed by atoms with Gasteiger partial charge in [0.05, 0.1) is 6.04 Å². The summed E-state index contributed by atoms with van der Waals surface area (Å²) >= 11 is -1.32. The number of halogens is 2. The van der Waals surface area contributed by atoms with E-state index in [-0.39, 0.29) is 5.56 Å². The molecule has 0 spiro atoms. The molecule has 1 aromatic carbocycles. The minimum absolute atomic E-state index is 0.183. The lowest BCUT2D eigenvalue weighted by molar-refractivity contribution is 0.519. The van der Waals surface area contributed by atoms with Crippen molar-refractivity contribution in [3.63, 3.8) is 0 Å². The van der Waals surface area contributed by atoms with Gasteiger partial charge in [-0.25, -0.2) is 8.78 Å². The Kier molecular flexibility index (Phi) is 4.52. The van der Waals surface area contributed by atoms with Crippen LogP contribution in [0.1, 0.15) is 39.3 Å². The van der Waals surface area contributed by atoms with Crippen molar-refractivity contribution in [3.05, 3.63) is 35.4 Å². The standard InChI is InChI=1S/C12H17F2NOS/c1-8(15-17(16)12(2,3)4)10-7-9(13)5-6-11(10)14/h5-8,15H,1-4H3/t8?,17-/m1/s1.